The van der Waals surface area contributed by atoms with Gasteiger partial charge in [-0.2, -0.15) is 10.4 Å². The van der Waals surface area contributed by atoms with Gasteiger partial charge in [-0.25, -0.2) is 14.6 Å². The summed E-state index contributed by atoms with van der Waals surface area (Å²) in [7, 11) is 0. The molecule has 0 radical (unpaired) electrons. The number of rotatable bonds is 9. The van der Waals surface area contributed by atoms with Gasteiger partial charge in [0.15, 0.2) is 0 Å². The van der Waals surface area contributed by atoms with Crippen LogP contribution in [0.2, 0.25) is 5.02 Å². The van der Waals surface area contributed by atoms with Crippen molar-refractivity contribution in [2.75, 3.05) is 55.6 Å². The molecule has 1 saturated carbocycles. The van der Waals surface area contributed by atoms with E-state index in [-0.39, 0.29) is 53.2 Å². The van der Waals surface area contributed by atoms with Gasteiger partial charge < -0.3 is 19.9 Å². The molecular weight excluding hydrogens is 772 g/mol. The van der Waals surface area contributed by atoms with Crippen LogP contribution < -0.4 is 30.7 Å². The van der Waals surface area contributed by atoms with E-state index in [1.807, 2.05) is 18.2 Å². The summed E-state index contributed by atoms with van der Waals surface area (Å²) in [6.45, 7) is 14.6. The minimum atomic E-state index is -0.787. The number of carbonyl (C=O) groups excluding carboxylic acids is 3. The van der Waals surface area contributed by atoms with Crippen molar-refractivity contribution in [1.29, 1.82) is 5.26 Å². The monoisotopic (exact) mass is 820 g/mol. The number of benzene rings is 2. The number of hydrogen-bond donors (Lipinski definition) is 2. The van der Waals surface area contributed by atoms with Crippen molar-refractivity contribution < 1.29 is 19.1 Å². The zero-order chi connectivity index (χ0) is 41.6. The van der Waals surface area contributed by atoms with Crippen LogP contribution in [-0.4, -0.2) is 100 Å². The van der Waals surface area contributed by atoms with Crippen molar-refractivity contribution in [2.45, 2.75) is 71.6 Å². The van der Waals surface area contributed by atoms with E-state index in [1.54, 1.807) is 36.8 Å². The maximum absolute atomic E-state index is 13.4. The van der Waals surface area contributed by atoms with E-state index >= 15 is 0 Å². The zero-order valence-electron chi connectivity index (χ0n) is 33.8. The summed E-state index contributed by atoms with van der Waals surface area (Å²) in [5.74, 6) is 0.733. The highest BCUT2D eigenvalue weighted by Crippen LogP contribution is 2.55. The number of piperazine rings is 1. The van der Waals surface area contributed by atoms with Crippen LogP contribution in [0.15, 0.2) is 59.8 Å². The molecule has 0 bridgehead atoms. The molecule has 4 aromatic rings. The molecule has 8 rings (SSSR count). The highest BCUT2D eigenvalue weighted by atomic mass is 35.5. The van der Waals surface area contributed by atoms with Crippen LogP contribution in [0.3, 0.4) is 0 Å². The van der Waals surface area contributed by atoms with Gasteiger partial charge in [0, 0.05) is 98.6 Å². The number of halogens is 1. The summed E-state index contributed by atoms with van der Waals surface area (Å²) in [6.07, 6.45) is 7.14. The van der Waals surface area contributed by atoms with E-state index in [2.05, 4.69) is 74.2 Å². The number of hydrogen-bond acceptors (Lipinski definition) is 12. The van der Waals surface area contributed by atoms with Crippen LogP contribution in [0, 0.1) is 28.1 Å². The number of nitrogens with zero attached hydrogens (tertiary/aromatic N) is 8. The number of nitriles is 1. The SMILES string of the molecule is CC1(C)[C@H](NC(=O)c2cnc(N3CCC(CN4CCN(c5ccc6c(=O)n([C@@H]7CCC(=O)NC7=O)ncc6c5)CC4)CC3)nc2)C(C)(C)[C@H]1Oc1ccc(C#N)c(Cl)c1. The van der Waals surface area contributed by atoms with E-state index in [0.29, 0.717) is 39.2 Å². The fraction of sp³-hybridized carbons (Fsp3) is 0.488. The van der Waals surface area contributed by atoms with Crippen molar-refractivity contribution in [3.05, 3.63) is 81.5 Å². The number of anilines is 2. The minimum Gasteiger partial charge on any atom is -0.489 e. The average Bonchev–Trinajstić information content (AvgIpc) is 3.22. The van der Waals surface area contributed by atoms with E-state index in [1.165, 1.54) is 4.68 Å². The molecule has 0 spiro atoms. The van der Waals surface area contributed by atoms with Crippen LogP contribution in [0.25, 0.3) is 10.8 Å². The van der Waals surface area contributed by atoms with Crippen molar-refractivity contribution in [3.63, 3.8) is 0 Å². The molecular formula is C43H49ClN10O5. The van der Waals surface area contributed by atoms with Crippen LogP contribution in [0.5, 0.6) is 5.75 Å². The van der Waals surface area contributed by atoms with Crippen LogP contribution in [0.1, 0.15) is 75.3 Å². The van der Waals surface area contributed by atoms with Crippen LogP contribution in [0.4, 0.5) is 11.6 Å². The van der Waals surface area contributed by atoms with Gasteiger partial charge in [0.05, 0.1) is 27.7 Å². The number of nitrogens with one attached hydrogen (secondary N) is 2. The largest absolute Gasteiger partial charge is 0.489 e. The number of imide groups is 1. The third-order valence-corrected chi connectivity index (χ3v) is 13.1. The highest BCUT2D eigenvalue weighted by molar-refractivity contribution is 6.31. The maximum Gasteiger partial charge on any atom is 0.275 e. The second-order valence-electron chi connectivity index (χ2n) is 17.4. The maximum atomic E-state index is 13.4. The molecule has 4 aliphatic rings. The van der Waals surface area contributed by atoms with Gasteiger partial charge in [0.2, 0.25) is 11.9 Å². The minimum absolute atomic E-state index is 0.171. The summed E-state index contributed by atoms with van der Waals surface area (Å²) < 4.78 is 7.56. The number of fused-ring (bicyclic) bond motifs is 1. The first-order valence-electron chi connectivity index (χ1n) is 20.3. The Kier molecular flexibility index (Phi) is 10.8. The van der Waals surface area contributed by atoms with E-state index in [9.17, 15) is 24.4 Å². The lowest BCUT2D eigenvalue weighted by molar-refractivity contribution is -0.164. The highest BCUT2D eigenvalue weighted by Gasteiger charge is 2.64. The van der Waals surface area contributed by atoms with Gasteiger partial charge in [-0.3, -0.25) is 29.4 Å². The van der Waals surface area contributed by atoms with E-state index < -0.39 is 11.9 Å². The number of carbonyl (C=O) groups is 3. The molecule has 2 aromatic carbocycles. The first-order valence-corrected chi connectivity index (χ1v) is 20.7. The van der Waals surface area contributed by atoms with Crippen LogP contribution >= 0.6 is 11.6 Å². The zero-order valence-corrected chi connectivity index (χ0v) is 34.5. The number of ether oxygens (including phenoxy) is 1. The Balaban J connectivity index is 0.792. The Morgan fingerprint density at radius 2 is 1.64 bits per heavy atom. The lowest BCUT2D eigenvalue weighted by atomic mass is 9.49. The number of amides is 3. The Morgan fingerprint density at radius 1 is 0.932 bits per heavy atom. The van der Waals surface area contributed by atoms with Gasteiger partial charge in [-0.1, -0.05) is 39.3 Å². The first kappa shape index (κ1) is 40.2. The molecule has 15 nitrogen and oxygen atoms in total. The summed E-state index contributed by atoms with van der Waals surface area (Å²) >= 11 is 6.24. The Hall–Kier alpha value is -5.59. The fourth-order valence-electron chi connectivity index (χ4n) is 9.77. The third-order valence-electron chi connectivity index (χ3n) is 12.8. The van der Waals surface area contributed by atoms with Gasteiger partial charge >= 0.3 is 0 Å². The number of aromatic nitrogens is 4. The van der Waals surface area contributed by atoms with E-state index in [0.717, 1.165) is 69.7 Å². The molecule has 2 aromatic heterocycles. The third kappa shape index (κ3) is 7.83. The summed E-state index contributed by atoms with van der Waals surface area (Å²) in [4.78, 5) is 66.9. The summed E-state index contributed by atoms with van der Waals surface area (Å²) in [6, 6.07) is 11.9. The molecule has 3 aliphatic heterocycles. The fourth-order valence-corrected chi connectivity index (χ4v) is 9.98. The van der Waals surface area contributed by atoms with Crippen molar-refractivity contribution in [3.8, 4) is 11.8 Å². The number of piperidine rings is 2. The van der Waals surface area contributed by atoms with Crippen molar-refractivity contribution in [1.82, 2.24) is 35.3 Å². The predicted octanol–water partition coefficient (Wildman–Crippen LogP) is 4.34. The molecule has 59 heavy (non-hydrogen) atoms. The molecule has 16 heteroatoms. The summed E-state index contributed by atoms with van der Waals surface area (Å²) in [5, 5.41) is 20.6. The van der Waals surface area contributed by atoms with Gasteiger partial charge in [0.25, 0.3) is 17.4 Å². The lowest BCUT2D eigenvalue weighted by Gasteiger charge is -2.63. The molecule has 1 aliphatic carbocycles. The first-order chi connectivity index (χ1) is 28.2. The van der Waals surface area contributed by atoms with Crippen LogP contribution in [-0.2, 0) is 9.59 Å². The second kappa shape index (κ2) is 15.9. The quantitative estimate of drug-likeness (QED) is 0.229. The Bertz CT molecular complexity index is 2360. The molecule has 3 amide bonds. The molecule has 4 fully saturated rings. The van der Waals surface area contributed by atoms with Gasteiger partial charge in [-0.05, 0) is 55.5 Å². The molecule has 0 unspecified atom stereocenters. The van der Waals surface area contributed by atoms with Crippen molar-refractivity contribution in [2.24, 2.45) is 16.7 Å². The molecule has 3 saturated heterocycles. The molecule has 1 atom stereocenters. The second-order valence-corrected chi connectivity index (χ2v) is 17.8. The Labute approximate surface area is 347 Å². The standard InChI is InChI=1S/C43H49ClN10O5/c1-42(2)39(43(3,4)40(42)59-31-7-5-27(21-45)33(44)20-31)50-36(56)29-22-46-41(47-23-29)53-13-11-26(12-14-53)25-51-15-17-52(18-16-51)30-6-8-32-28(19-30)24-48-54(38(32)58)34-9-10-35(55)49-37(34)57/h5-8,19-20,22-24,26,34,39-40H,9-18,25H2,1-4H3,(H,50,56)(H,49,55,57)/t34-,39-,40-/m1/s1. The lowest BCUT2D eigenvalue weighted by Crippen LogP contribution is -2.74. The normalized spacial score (nSPS) is 23.3. The smallest absolute Gasteiger partial charge is 0.275 e. The van der Waals surface area contributed by atoms with Gasteiger partial charge in [-0.15, -0.1) is 0 Å². The topological polar surface area (TPSA) is 179 Å². The van der Waals surface area contributed by atoms with E-state index in [4.69, 9.17) is 16.3 Å². The van der Waals surface area contributed by atoms with Gasteiger partial charge in [0.1, 0.15) is 24.0 Å². The molecule has 308 valence electrons. The predicted molar refractivity (Wildman–Crippen MR) is 222 cm³/mol. The summed E-state index contributed by atoms with van der Waals surface area (Å²) in [5.41, 5.74) is 0.736. The molecule has 5 heterocycles. The average molecular weight is 821 g/mol. The molecule has 2 N–H and O–H groups in total. The Morgan fingerprint density at radius 3 is 2.31 bits per heavy atom. The van der Waals surface area contributed by atoms with Crippen molar-refractivity contribution >= 4 is 51.7 Å².